The molecule has 60 heavy (non-hydrogen) atoms. The van der Waals surface area contributed by atoms with Crippen LogP contribution in [0.1, 0.15) is 252 Å². The Morgan fingerprint density at radius 2 is 0.733 bits per heavy atom. The number of unbranched alkanes of at least 4 members (excludes halogenated alkanes) is 26. The van der Waals surface area contributed by atoms with Gasteiger partial charge in [-0.05, 0) is 96.3 Å². The maximum absolute atomic E-state index is 12.8. The monoisotopic (exact) mass is 839 g/mol. The van der Waals surface area contributed by atoms with Crippen molar-refractivity contribution in [3.8, 4) is 0 Å². The van der Waals surface area contributed by atoms with Crippen molar-refractivity contribution in [2.45, 2.75) is 258 Å². The molecule has 0 spiro atoms. The smallest absolute Gasteiger partial charge is 0.306 e. The summed E-state index contributed by atoms with van der Waals surface area (Å²) < 4.78 is 17.4. The van der Waals surface area contributed by atoms with Crippen LogP contribution < -0.4 is 0 Å². The van der Waals surface area contributed by atoms with Gasteiger partial charge < -0.3 is 14.2 Å². The van der Waals surface area contributed by atoms with Gasteiger partial charge in [-0.2, -0.15) is 0 Å². The van der Waals surface area contributed by atoms with Crippen LogP contribution >= 0.6 is 0 Å². The lowest BCUT2D eigenvalue weighted by atomic mass is 10.1. The van der Waals surface area contributed by atoms with Crippen molar-refractivity contribution in [3.63, 3.8) is 0 Å². The van der Waals surface area contributed by atoms with E-state index in [1.54, 1.807) is 0 Å². The average molecular weight is 839 g/mol. The van der Waals surface area contributed by atoms with Crippen LogP contribution in [0.15, 0.2) is 60.8 Å². The lowest BCUT2D eigenvalue weighted by Gasteiger charge is -2.18. The van der Waals surface area contributed by atoms with Crippen molar-refractivity contribution in [2.75, 3.05) is 19.8 Å². The van der Waals surface area contributed by atoms with Gasteiger partial charge in [-0.25, -0.2) is 0 Å². The molecule has 0 N–H and O–H groups in total. The molecule has 0 aromatic rings. The quantitative estimate of drug-likeness (QED) is 0.0347. The zero-order valence-corrected chi connectivity index (χ0v) is 40.0. The van der Waals surface area contributed by atoms with Gasteiger partial charge in [-0.3, -0.25) is 9.59 Å². The average Bonchev–Trinajstić information content (AvgIpc) is 3.25. The summed E-state index contributed by atoms with van der Waals surface area (Å²) in [7, 11) is 0. The van der Waals surface area contributed by atoms with E-state index in [-0.39, 0.29) is 25.2 Å². The van der Waals surface area contributed by atoms with Crippen molar-refractivity contribution < 1.29 is 23.8 Å². The van der Waals surface area contributed by atoms with E-state index >= 15 is 0 Å². The minimum Gasteiger partial charge on any atom is -0.462 e. The molecule has 0 amide bonds. The highest BCUT2D eigenvalue weighted by Gasteiger charge is 2.17. The summed E-state index contributed by atoms with van der Waals surface area (Å²) in [6.45, 7) is 7.68. The molecule has 5 nitrogen and oxygen atoms in total. The van der Waals surface area contributed by atoms with E-state index in [1.807, 2.05) is 0 Å². The summed E-state index contributed by atoms with van der Waals surface area (Å²) in [5, 5.41) is 0. The van der Waals surface area contributed by atoms with Crippen LogP contribution in [0.25, 0.3) is 0 Å². The molecule has 0 aromatic heterocycles. The highest BCUT2D eigenvalue weighted by molar-refractivity contribution is 5.70. The fourth-order valence-corrected chi connectivity index (χ4v) is 7.11. The first-order chi connectivity index (χ1) is 29.6. The number of ether oxygens (including phenoxy) is 3. The number of carbonyl (C=O) groups is 2. The summed E-state index contributed by atoms with van der Waals surface area (Å²) >= 11 is 0. The zero-order chi connectivity index (χ0) is 43.5. The van der Waals surface area contributed by atoms with Gasteiger partial charge in [-0.1, -0.05) is 204 Å². The summed E-state index contributed by atoms with van der Waals surface area (Å²) in [5.74, 6) is -0.427. The Bertz CT molecular complexity index is 1040. The molecular weight excluding hydrogens is 741 g/mol. The third-order valence-electron chi connectivity index (χ3n) is 11.0. The highest BCUT2D eigenvalue weighted by Crippen LogP contribution is 2.14. The first-order valence-corrected chi connectivity index (χ1v) is 25.8. The van der Waals surface area contributed by atoms with Crippen LogP contribution in [0, 0.1) is 0 Å². The van der Waals surface area contributed by atoms with E-state index in [1.165, 1.54) is 141 Å². The molecule has 0 bridgehead atoms. The van der Waals surface area contributed by atoms with Crippen LogP contribution in [0.2, 0.25) is 0 Å². The van der Waals surface area contributed by atoms with Crippen LogP contribution in [-0.4, -0.2) is 37.9 Å². The highest BCUT2D eigenvalue weighted by atomic mass is 16.6. The maximum atomic E-state index is 12.8. The molecule has 1 atom stereocenters. The number of carbonyl (C=O) groups excluding carboxylic acids is 2. The van der Waals surface area contributed by atoms with Gasteiger partial charge in [0.15, 0.2) is 6.10 Å². The van der Waals surface area contributed by atoms with Gasteiger partial charge in [0, 0.05) is 19.4 Å². The minimum absolute atomic E-state index is 0.0708. The van der Waals surface area contributed by atoms with Crippen molar-refractivity contribution >= 4 is 11.9 Å². The van der Waals surface area contributed by atoms with Crippen LogP contribution in [0.5, 0.6) is 0 Å². The van der Waals surface area contributed by atoms with E-state index < -0.39 is 6.10 Å². The predicted molar refractivity (Wildman–Crippen MR) is 261 cm³/mol. The lowest BCUT2D eigenvalue weighted by Crippen LogP contribution is -2.30. The molecule has 0 aliphatic heterocycles. The standard InChI is InChI=1S/C55H98O5/c1-4-7-10-13-16-19-22-25-26-27-28-29-32-35-38-41-44-47-50-58-51-53(60-55(57)49-46-43-40-37-34-31-24-21-18-15-12-9-6-3)52-59-54(56)48-45-42-39-36-33-30-23-20-17-14-11-8-5-2/h11-12,14-15,20-21,23-26,53H,4-10,13,16-19,22,27-52H2,1-3H3/b14-11-,15-12-,23-20-,24-21-,26-25-. The molecule has 0 radical (unpaired) electrons. The normalized spacial score (nSPS) is 12.7. The maximum Gasteiger partial charge on any atom is 0.306 e. The first-order valence-electron chi connectivity index (χ1n) is 25.8. The van der Waals surface area contributed by atoms with E-state index in [0.717, 1.165) is 77.0 Å². The van der Waals surface area contributed by atoms with E-state index in [2.05, 4.69) is 81.5 Å². The molecule has 0 fully saturated rings. The van der Waals surface area contributed by atoms with Crippen molar-refractivity contribution in [1.82, 2.24) is 0 Å². The fraction of sp³-hybridized carbons (Fsp3) is 0.782. The second-order valence-electron chi connectivity index (χ2n) is 17.1. The topological polar surface area (TPSA) is 61.8 Å². The van der Waals surface area contributed by atoms with Gasteiger partial charge in [0.2, 0.25) is 0 Å². The largest absolute Gasteiger partial charge is 0.462 e. The van der Waals surface area contributed by atoms with Crippen molar-refractivity contribution in [1.29, 1.82) is 0 Å². The first kappa shape index (κ1) is 57.6. The van der Waals surface area contributed by atoms with Gasteiger partial charge in [0.1, 0.15) is 6.61 Å². The Labute approximate surface area is 373 Å². The molecule has 1 unspecified atom stereocenters. The third kappa shape index (κ3) is 48.3. The Morgan fingerprint density at radius 1 is 0.367 bits per heavy atom. The molecule has 348 valence electrons. The van der Waals surface area contributed by atoms with Gasteiger partial charge >= 0.3 is 11.9 Å². The molecule has 0 heterocycles. The number of allylic oxidation sites excluding steroid dienone is 10. The Morgan fingerprint density at radius 3 is 1.18 bits per heavy atom. The van der Waals surface area contributed by atoms with Crippen molar-refractivity contribution in [2.24, 2.45) is 0 Å². The number of hydrogen-bond donors (Lipinski definition) is 0. The molecule has 0 rings (SSSR count). The Hall–Kier alpha value is -2.40. The molecule has 0 saturated carbocycles. The molecular formula is C55H98O5. The molecule has 0 aliphatic carbocycles. The number of esters is 2. The lowest BCUT2D eigenvalue weighted by molar-refractivity contribution is -0.163. The van der Waals surface area contributed by atoms with Gasteiger partial charge in [0.25, 0.3) is 0 Å². The molecule has 0 saturated heterocycles. The summed E-state index contributed by atoms with van der Waals surface area (Å²) in [5.41, 5.74) is 0. The SMILES string of the molecule is CCC/C=C\C/C=C\CCCCCCCC(=O)OCC(COCCCCCCCCCC/C=C\CCCCCCCC)OC(=O)CCCCCCC/C=C\C/C=C\CCC. The van der Waals surface area contributed by atoms with Gasteiger partial charge in [-0.15, -0.1) is 0 Å². The fourth-order valence-electron chi connectivity index (χ4n) is 7.11. The number of rotatable bonds is 47. The summed E-state index contributed by atoms with van der Waals surface area (Å²) in [6, 6.07) is 0. The third-order valence-corrected chi connectivity index (χ3v) is 11.0. The summed E-state index contributed by atoms with van der Waals surface area (Å²) in [6.07, 6.45) is 63.7. The van der Waals surface area contributed by atoms with E-state index in [9.17, 15) is 9.59 Å². The van der Waals surface area contributed by atoms with Crippen molar-refractivity contribution in [3.05, 3.63) is 60.8 Å². The summed E-state index contributed by atoms with van der Waals surface area (Å²) in [4.78, 5) is 25.3. The predicted octanol–water partition coefficient (Wildman–Crippen LogP) is 17.3. The van der Waals surface area contributed by atoms with E-state index in [0.29, 0.717) is 19.4 Å². The van der Waals surface area contributed by atoms with E-state index in [4.69, 9.17) is 14.2 Å². The molecule has 0 aliphatic rings. The number of hydrogen-bond acceptors (Lipinski definition) is 5. The Kier molecular flexibility index (Phi) is 48.9. The molecule has 5 heteroatoms. The Balaban J connectivity index is 4.27. The van der Waals surface area contributed by atoms with Crippen LogP contribution in [-0.2, 0) is 23.8 Å². The van der Waals surface area contributed by atoms with Crippen LogP contribution in [0.3, 0.4) is 0 Å². The zero-order valence-electron chi connectivity index (χ0n) is 40.0. The second kappa shape index (κ2) is 51.0. The van der Waals surface area contributed by atoms with Gasteiger partial charge in [0.05, 0.1) is 6.61 Å². The molecule has 0 aromatic carbocycles. The minimum atomic E-state index is -0.550. The van der Waals surface area contributed by atoms with Crippen LogP contribution in [0.4, 0.5) is 0 Å². The second-order valence-corrected chi connectivity index (χ2v) is 17.1.